The number of hydrogen-bond acceptors (Lipinski definition) is 0. The van der Waals surface area contributed by atoms with E-state index in [0.29, 0.717) is 0 Å². The van der Waals surface area contributed by atoms with Gasteiger partial charge in [0.1, 0.15) is 0 Å². The van der Waals surface area contributed by atoms with Crippen molar-refractivity contribution in [3.8, 4) is 0 Å². The van der Waals surface area contributed by atoms with Gasteiger partial charge < -0.3 is 0 Å². The molecule has 0 saturated heterocycles. The van der Waals surface area contributed by atoms with Crippen molar-refractivity contribution in [2.24, 2.45) is 0 Å². The third kappa shape index (κ3) is 3.44. The Morgan fingerprint density at radius 2 is 0.696 bits per heavy atom. The Hall–Kier alpha value is -0.990. The van der Waals surface area contributed by atoms with Crippen LogP contribution in [0.15, 0.2) is 72.8 Å². The fourth-order valence-corrected chi connectivity index (χ4v) is 19.7. The Bertz CT molecular complexity index is 676. The van der Waals surface area contributed by atoms with Crippen LogP contribution in [0.4, 0.5) is 0 Å². The van der Waals surface area contributed by atoms with Crippen LogP contribution < -0.4 is 9.96 Å². The van der Waals surface area contributed by atoms with E-state index < -0.39 is 17.6 Å². The van der Waals surface area contributed by atoms with Crippen molar-refractivity contribution >= 4 is 22.3 Å². The van der Waals surface area contributed by atoms with Gasteiger partial charge in [0.2, 0.25) is 0 Å². The van der Waals surface area contributed by atoms with Crippen molar-refractivity contribution in [3.05, 3.63) is 89.5 Å². The third-order valence-corrected chi connectivity index (χ3v) is 27.8. The van der Waals surface area contributed by atoms with Gasteiger partial charge in [-0.05, 0) is 0 Å². The van der Waals surface area contributed by atoms with Gasteiger partial charge in [-0.3, -0.25) is 0 Å². The zero-order valence-electron chi connectivity index (χ0n) is 13.8. The monoisotopic (exact) mass is 532 g/mol. The Kier molecular flexibility index (Phi) is 5.03. The molecule has 0 fully saturated rings. The van der Waals surface area contributed by atoms with Gasteiger partial charge in [0, 0.05) is 0 Å². The molecule has 0 aliphatic rings. The molecule has 0 heterocycles. The molecule has 0 N–H and O–H groups in total. The summed E-state index contributed by atoms with van der Waals surface area (Å²) >= 11 is 1.09. The molecule has 0 aliphatic carbocycles. The minimum atomic E-state index is -3.22. The Balaban J connectivity index is 2.21. The van der Waals surface area contributed by atoms with E-state index in [1.165, 1.54) is 26.7 Å². The molecule has 0 bridgehead atoms. The number of aryl methyl sites for hydroxylation is 3. The Morgan fingerprint density at radius 3 is 0.913 bits per heavy atom. The summed E-state index contributed by atoms with van der Waals surface area (Å²) in [7, 11) is 0. The van der Waals surface area contributed by atoms with E-state index in [1.54, 1.807) is 0 Å². The van der Waals surface area contributed by atoms with Crippen LogP contribution in [-0.2, 0) is 17.6 Å². The molecule has 3 aromatic rings. The molecule has 0 spiro atoms. The first-order valence-corrected chi connectivity index (χ1v) is 21.1. The van der Waals surface area contributed by atoms with Crippen LogP contribution in [0.2, 0.25) is 0 Å². The predicted octanol–water partition coefficient (Wildman–Crippen LogP) is 4.35. The molecule has 0 aromatic heterocycles. The maximum absolute atomic E-state index is 4.31. The second-order valence-corrected chi connectivity index (χ2v) is 26.9. The van der Waals surface area contributed by atoms with Crippen molar-refractivity contribution in [1.29, 1.82) is 0 Å². The van der Waals surface area contributed by atoms with E-state index in [0.717, 1.165) is 0 Å². The quantitative estimate of drug-likeness (QED) is 0.441. The Morgan fingerprint density at radius 1 is 0.478 bits per heavy atom. The summed E-state index contributed by atoms with van der Waals surface area (Å²) in [5.41, 5.74) is 3.93. The Labute approximate surface area is 149 Å². The summed E-state index contributed by atoms with van der Waals surface area (Å²) in [4.78, 5) is 0. The summed E-state index contributed by atoms with van der Waals surface area (Å²) < 4.78 is 4.41. The maximum atomic E-state index is 4.31. The first-order chi connectivity index (χ1) is 11.0. The van der Waals surface area contributed by atoms with E-state index in [2.05, 4.69) is 106 Å². The van der Waals surface area contributed by atoms with Crippen molar-refractivity contribution < 1.29 is 17.6 Å². The first-order valence-electron chi connectivity index (χ1n) is 7.90. The average molecular weight is 532 g/mol. The van der Waals surface area contributed by atoms with Crippen LogP contribution in [0.25, 0.3) is 0 Å². The number of hydrogen-bond donors (Lipinski definition) is 0. The predicted molar refractivity (Wildman–Crippen MR) is 101 cm³/mol. The molecular formula is C21H21BrHf. The summed E-state index contributed by atoms with van der Waals surface area (Å²) in [6.07, 6.45) is 0. The standard InChI is InChI=1S/3C7H7.BrH.Hf/c3*1-7-5-3-2-4-6-7;;/h3*3-6H,1H3;1H;/q;;;;+1/p-1. The molecule has 0 atom stereocenters. The van der Waals surface area contributed by atoms with Gasteiger partial charge in [-0.15, -0.1) is 0 Å². The molecule has 2 heteroatoms. The van der Waals surface area contributed by atoms with Crippen molar-refractivity contribution in [2.45, 2.75) is 20.8 Å². The zero-order chi connectivity index (χ0) is 16.4. The van der Waals surface area contributed by atoms with Gasteiger partial charge in [-0.2, -0.15) is 0 Å². The van der Waals surface area contributed by atoms with Gasteiger partial charge in [0.05, 0.1) is 0 Å². The molecule has 3 rings (SSSR count). The summed E-state index contributed by atoms with van der Waals surface area (Å²) in [5.74, 6) is 0. The van der Waals surface area contributed by atoms with Crippen molar-refractivity contribution in [1.82, 2.24) is 0 Å². The molecule has 0 radical (unpaired) electrons. The van der Waals surface area contributed by atoms with Crippen LogP contribution in [0.1, 0.15) is 16.7 Å². The SMILES string of the molecule is Cc1cc[c]([Hf]([Br])([c]2ccc(C)cc2)[c]2ccc(C)cc2)cc1. The van der Waals surface area contributed by atoms with Crippen LogP contribution in [0.3, 0.4) is 0 Å². The number of halogens is 1. The molecule has 3 aromatic carbocycles. The summed E-state index contributed by atoms with van der Waals surface area (Å²) in [5, 5.41) is 0. The van der Waals surface area contributed by atoms with Crippen LogP contribution in [-0.4, -0.2) is 0 Å². The van der Waals surface area contributed by atoms with E-state index in [-0.39, 0.29) is 0 Å². The zero-order valence-corrected chi connectivity index (χ0v) is 19.0. The van der Waals surface area contributed by atoms with E-state index in [9.17, 15) is 0 Å². The van der Waals surface area contributed by atoms with Crippen molar-refractivity contribution in [2.75, 3.05) is 0 Å². The fraction of sp³-hybridized carbons (Fsp3) is 0.143. The van der Waals surface area contributed by atoms with Crippen LogP contribution >= 0.6 is 12.3 Å². The number of benzene rings is 3. The average Bonchev–Trinajstić information content (AvgIpc) is 2.56. The molecule has 0 aliphatic heterocycles. The van der Waals surface area contributed by atoms with Crippen LogP contribution in [0, 0.1) is 20.8 Å². The van der Waals surface area contributed by atoms with Gasteiger partial charge >= 0.3 is 150 Å². The topological polar surface area (TPSA) is 0 Å². The molecule has 0 saturated carbocycles. The van der Waals surface area contributed by atoms with Gasteiger partial charge in [-0.25, -0.2) is 0 Å². The fourth-order valence-electron chi connectivity index (χ4n) is 2.85. The van der Waals surface area contributed by atoms with E-state index in [4.69, 9.17) is 0 Å². The van der Waals surface area contributed by atoms with Crippen LogP contribution in [0.5, 0.6) is 0 Å². The van der Waals surface area contributed by atoms with E-state index in [1.807, 2.05) is 0 Å². The molecule has 0 unspecified atom stereocenters. The third-order valence-electron chi connectivity index (χ3n) is 4.35. The number of rotatable bonds is 3. The van der Waals surface area contributed by atoms with Gasteiger partial charge in [-0.1, -0.05) is 0 Å². The second kappa shape index (κ2) is 6.86. The van der Waals surface area contributed by atoms with Gasteiger partial charge in [0.15, 0.2) is 0 Å². The van der Waals surface area contributed by atoms with Crippen molar-refractivity contribution in [3.63, 3.8) is 0 Å². The second-order valence-electron chi connectivity index (χ2n) is 6.26. The normalized spacial score (nSPS) is 11.5. The molecule has 0 amide bonds. The first kappa shape index (κ1) is 16.9. The molecular weight excluding hydrogens is 511 g/mol. The summed E-state index contributed by atoms with van der Waals surface area (Å²) in [6.45, 7) is 6.44. The minimum absolute atomic E-state index is 1.31. The molecule has 116 valence electrons. The van der Waals surface area contributed by atoms with E-state index >= 15 is 0 Å². The summed E-state index contributed by atoms with van der Waals surface area (Å²) in [6, 6.07) is 27.2. The molecule has 0 nitrogen and oxygen atoms in total. The van der Waals surface area contributed by atoms with Gasteiger partial charge in [0.25, 0.3) is 0 Å². The molecule has 23 heavy (non-hydrogen) atoms.